The maximum Gasteiger partial charge on any atom is 0.0231 e. The molecule has 1 saturated carbocycles. The van der Waals surface area contributed by atoms with E-state index in [1.807, 2.05) is 0 Å². The first kappa shape index (κ1) is 14.7. The highest BCUT2D eigenvalue weighted by Crippen LogP contribution is 2.29. The molecular formula is C15H30N2S. The summed E-state index contributed by atoms with van der Waals surface area (Å²) in [6, 6.07) is 0.793. The monoisotopic (exact) mass is 270 g/mol. The zero-order valence-corrected chi connectivity index (χ0v) is 13.2. The van der Waals surface area contributed by atoms with Crippen LogP contribution in [0.25, 0.3) is 0 Å². The van der Waals surface area contributed by atoms with Gasteiger partial charge in [-0.2, -0.15) is 11.8 Å². The number of hydrogen-bond acceptors (Lipinski definition) is 3. The average Bonchev–Trinajstić information content (AvgIpc) is 2.28. The normalized spacial score (nSPS) is 33.5. The summed E-state index contributed by atoms with van der Waals surface area (Å²) in [5, 5.41) is 3.78. The van der Waals surface area contributed by atoms with Crippen LogP contribution in [0.1, 0.15) is 46.5 Å². The lowest BCUT2D eigenvalue weighted by atomic mass is 9.87. The molecule has 0 spiro atoms. The second-order valence-corrected chi connectivity index (χ2v) is 8.61. The van der Waals surface area contributed by atoms with Gasteiger partial charge in [-0.1, -0.05) is 19.8 Å². The lowest BCUT2D eigenvalue weighted by Gasteiger charge is -2.38. The quantitative estimate of drug-likeness (QED) is 0.845. The molecule has 2 rings (SSSR count). The summed E-state index contributed by atoms with van der Waals surface area (Å²) in [4.78, 5) is 2.63. The minimum atomic E-state index is 0.456. The molecule has 0 radical (unpaired) electrons. The van der Waals surface area contributed by atoms with E-state index >= 15 is 0 Å². The van der Waals surface area contributed by atoms with E-state index in [2.05, 4.69) is 42.7 Å². The van der Waals surface area contributed by atoms with Crippen molar-refractivity contribution in [1.82, 2.24) is 10.2 Å². The van der Waals surface area contributed by atoms with Crippen LogP contribution in [0.2, 0.25) is 0 Å². The predicted molar refractivity (Wildman–Crippen MR) is 82.4 cm³/mol. The van der Waals surface area contributed by atoms with Crippen molar-refractivity contribution in [3.8, 4) is 0 Å². The fourth-order valence-corrected chi connectivity index (χ4v) is 4.53. The molecule has 3 heteroatoms. The lowest BCUT2D eigenvalue weighted by molar-refractivity contribution is 0.242. The molecule has 18 heavy (non-hydrogen) atoms. The van der Waals surface area contributed by atoms with Gasteiger partial charge < -0.3 is 5.32 Å². The maximum atomic E-state index is 3.78. The molecule has 106 valence electrons. The molecule has 2 atom stereocenters. The summed E-state index contributed by atoms with van der Waals surface area (Å²) in [5.74, 6) is 2.23. The van der Waals surface area contributed by atoms with Crippen LogP contribution in [0.15, 0.2) is 0 Å². The minimum Gasteiger partial charge on any atom is -0.313 e. The van der Waals surface area contributed by atoms with Crippen LogP contribution in [-0.2, 0) is 0 Å². The summed E-state index contributed by atoms with van der Waals surface area (Å²) in [7, 11) is 0. The Morgan fingerprint density at radius 3 is 2.89 bits per heavy atom. The lowest BCUT2D eigenvalue weighted by Crippen LogP contribution is -2.46. The van der Waals surface area contributed by atoms with Gasteiger partial charge in [-0.3, -0.25) is 4.90 Å². The molecule has 2 fully saturated rings. The highest BCUT2D eigenvalue weighted by Gasteiger charge is 2.26. The van der Waals surface area contributed by atoms with Gasteiger partial charge >= 0.3 is 0 Å². The van der Waals surface area contributed by atoms with Crippen LogP contribution < -0.4 is 5.32 Å². The van der Waals surface area contributed by atoms with Gasteiger partial charge in [-0.25, -0.2) is 0 Å². The third-order valence-electron chi connectivity index (χ3n) is 4.30. The van der Waals surface area contributed by atoms with E-state index in [-0.39, 0.29) is 0 Å². The van der Waals surface area contributed by atoms with Gasteiger partial charge in [0.25, 0.3) is 0 Å². The average molecular weight is 270 g/mol. The number of nitrogens with zero attached hydrogens (tertiary/aromatic N) is 1. The molecule has 0 aromatic heterocycles. The highest BCUT2D eigenvalue weighted by molar-refractivity contribution is 8.00. The number of nitrogens with one attached hydrogen (secondary N) is 1. The van der Waals surface area contributed by atoms with E-state index in [0.29, 0.717) is 4.75 Å². The van der Waals surface area contributed by atoms with Crippen LogP contribution in [0.3, 0.4) is 0 Å². The van der Waals surface area contributed by atoms with Crippen molar-refractivity contribution in [2.75, 3.05) is 31.9 Å². The third kappa shape index (κ3) is 4.75. The predicted octanol–water partition coefficient (Wildman–Crippen LogP) is 2.98. The first-order valence-corrected chi connectivity index (χ1v) is 8.63. The van der Waals surface area contributed by atoms with Gasteiger partial charge in [0, 0.05) is 42.7 Å². The zero-order valence-electron chi connectivity index (χ0n) is 12.4. The van der Waals surface area contributed by atoms with Crippen molar-refractivity contribution in [3.05, 3.63) is 0 Å². The van der Waals surface area contributed by atoms with E-state index in [1.165, 1.54) is 57.6 Å². The van der Waals surface area contributed by atoms with Gasteiger partial charge in [-0.15, -0.1) is 0 Å². The Hall–Kier alpha value is 0.270. The largest absolute Gasteiger partial charge is 0.313 e. The minimum absolute atomic E-state index is 0.456. The highest BCUT2D eigenvalue weighted by atomic mass is 32.2. The topological polar surface area (TPSA) is 15.3 Å². The van der Waals surface area contributed by atoms with Gasteiger partial charge in [0.05, 0.1) is 0 Å². The molecule has 1 heterocycles. The van der Waals surface area contributed by atoms with Crippen LogP contribution >= 0.6 is 11.8 Å². The van der Waals surface area contributed by atoms with Crippen molar-refractivity contribution in [1.29, 1.82) is 0 Å². The van der Waals surface area contributed by atoms with Crippen LogP contribution in [0.5, 0.6) is 0 Å². The molecule has 2 aliphatic rings. The Labute approximate surface area is 117 Å². The van der Waals surface area contributed by atoms with Crippen LogP contribution in [0.4, 0.5) is 0 Å². The second-order valence-electron chi connectivity index (χ2n) is 6.81. The van der Waals surface area contributed by atoms with E-state index in [9.17, 15) is 0 Å². The van der Waals surface area contributed by atoms with E-state index < -0.39 is 0 Å². The molecule has 1 saturated heterocycles. The second kappa shape index (κ2) is 6.62. The van der Waals surface area contributed by atoms with Gasteiger partial charge in [0.15, 0.2) is 0 Å². The summed E-state index contributed by atoms with van der Waals surface area (Å²) in [6.07, 6.45) is 5.65. The van der Waals surface area contributed by atoms with Gasteiger partial charge in [0.1, 0.15) is 0 Å². The molecule has 1 aliphatic heterocycles. The first-order valence-electron chi connectivity index (χ1n) is 7.65. The standard InChI is InChI=1S/C15H30N2S/c1-13-5-4-6-14(11-13)16-7-8-17-9-10-18-15(2,3)12-17/h13-14,16H,4-12H2,1-3H3. The number of rotatable bonds is 4. The molecule has 2 unspecified atom stereocenters. The van der Waals surface area contributed by atoms with Gasteiger partial charge in [0.2, 0.25) is 0 Å². The zero-order chi connectivity index (χ0) is 13.0. The molecule has 0 amide bonds. The molecule has 1 aliphatic carbocycles. The SMILES string of the molecule is CC1CCCC(NCCN2CCSC(C)(C)C2)C1. The molecule has 1 N–H and O–H groups in total. The van der Waals surface area contributed by atoms with Gasteiger partial charge in [-0.05, 0) is 32.6 Å². The van der Waals surface area contributed by atoms with Crippen molar-refractivity contribution >= 4 is 11.8 Å². The van der Waals surface area contributed by atoms with Crippen molar-refractivity contribution in [3.63, 3.8) is 0 Å². The molecular weight excluding hydrogens is 240 g/mol. The Kier molecular flexibility index (Phi) is 5.40. The Bertz CT molecular complexity index is 255. The van der Waals surface area contributed by atoms with Crippen LogP contribution in [-0.4, -0.2) is 47.6 Å². The summed E-state index contributed by atoms with van der Waals surface area (Å²) < 4.78 is 0.456. The number of hydrogen-bond donors (Lipinski definition) is 1. The summed E-state index contributed by atoms with van der Waals surface area (Å²) >= 11 is 2.12. The first-order chi connectivity index (χ1) is 8.55. The molecule has 0 bridgehead atoms. The fraction of sp³-hybridized carbons (Fsp3) is 1.00. The Balaban J connectivity index is 1.63. The third-order valence-corrected chi connectivity index (χ3v) is 5.60. The summed E-state index contributed by atoms with van der Waals surface area (Å²) in [5.41, 5.74) is 0. The maximum absolute atomic E-state index is 3.78. The van der Waals surface area contributed by atoms with E-state index in [1.54, 1.807) is 0 Å². The van der Waals surface area contributed by atoms with Crippen molar-refractivity contribution in [2.24, 2.45) is 5.92 Å². The van der Waals surface area contributed by atoms with E-state index in [4.69, 9.17) is 0 Å². The summed E-state index contributed by atoms with van der Waals surface area (Å²) in [6.45, 7) is 12.1. The Morgan fingerprint density at radius 1 is 1.33 bits per heavy atom. The Morgan fingerprint density at radius 2 is 2.17 bits per heavy atom. The van der Waals surface area contributed by atoms with Crippen LogP contribution in [0, 0.1) is 5.92 Å². The van der Waals surface area contributed by atoms with E-state index in [0.717, 1.165) is 12.0 Å². The number of thioether (sulfide) groups is 1. The molecule has 0 aromatic carbocycles. The fourth-order valence-electron chi connectivity index (χ4n) is 3.35. The molecule has 2 nitrogen and oxygen atoms in total. The van der Waals surface area contributed by atoms with Crippen molar-refractivity contribution in [2.45, 2.75) is 57.2 Å². The van der Waals surface area contributed by atoms with Crippen molar-refractivity contribution < 1.29 is 0 Å². The molecule has 0 aromatic rings. The smallest absolute Gasteiger partial charge is 0.0231 e.